The van der Waals surface area contributed by atoms with Gasteiger partial charge in [0.2, 0.25) is 0 Å². The standard InChI is InChI=1S/C13H22O6Si/c1-5-12(14)16-8-10-18-20(4,7-3)19-11-9-17-13(15)6-2/h5-6H,1-2,7-11H2,3-4H3. The molecule has 0 fully saturated rings. The molecule has 0 aliphatic carbocycles. The van der Waals surface area contributed by atoms with Crippen LogP contribution in [0.4, 0.5) is 0 Å². The van der Waals surface area contributed by atoms with E-state index in [0.29, 0.717) is 0 Å². The number of hydrogen-bond acceptors (Lipinski definition) is 6. The van der Waals surface area contributed by atoms with E-state index in [9.17, 15) is 9.59 Å². The predicted octanol–water partition coefficient (Wildman–Crippen LogP) is 1.57. The minimum absolute atomic E-state index is 0.155. The molecule has 0 unspecified atom stereocenters. The van der Waals surface area contributed by atoms with Gasteiger partial charge in [-0.15, -0.1) is 0 Å². The van der Waals surface area contributed by atoms with Crippen molar-refractivity contribution in [2.45, 2.75) is 19.5 Å². The molecule has 0 radical (unpaired) electrons. The van der Waals surface area contributed by atoms with Gasteiger partial charge in [0, 0.05) is 12.2 Å². The highest BCUT2D eigenvalue weighted by atomic mass is 28.4. The maximum absolute atomic E-state index is 10.8. The van der Waals surface area contributed by atoms with Crippen LogP contribution in [-0.2, 0) is 27.9 Å². The molecule has 0 spiro atoms. The maximum atomic E-state index is 10.8. The first-order chi connectivity index (χ1) is 9.47. The van der Waals surface area contributed by atoms with Crippen LogP contribution >= 0.6 is 0 Å². The largest absolute Gasteiger partial charge is 0.460 e. The first-order valence-corrected chi connectivity index (χ1v) is 8.86. The Morgan fingerprint density at radius 1 is 0.950 bits per heavy atom. The molecule has 0 saturated carbocycles. The quantitative estimate of drug-likeness (QED) is 0.250. The van der Waals surface area contributed by atoms with E-state index in [1.807, 2.05) is 13.5 Å². The highest BCUT2D eigenvalue weighted by Gasteiger charge is 2.29. The number of hydrogen-bond donors (Lipinski definition) is 0. The van der Waals surface area contributed by atoms with E-state index in [1.54, 1.807) is 0 Å². The van der Waals surface area contributed by atoms with Crippen molar-refractivity contribution >= 4 is 20.5 Å². The molecule has 0 N–H and O–H groups in total. The Hall–Kier alpha value is -1.44. The molecule has 0 aromatic heterocycles. The van der Waals surface area contributed by atoms with Crippen LogP contribution in [0, 0.1) is 0 Å². The second kappa shape index (κ2) is 10.4. The van der Waals surface area contributed by atoms with Gasteiger partial charge in [0.1, 0.15) is 13.2 Å². The number of esters is 2. The van der Waals surface area contributed by atoms with Gasteiger partial charge in [-0.25, -0.2) is 9.59 Å². The smallest absolute Gasteiger partial charge is 0.334 e. The summed E-state index contributed by atoms with van der Waals surface area (Å²) in [4.78, 5) is 21.7. The number of ether oxygens (including phenoxy) is 2. The first kappa shape index (κ1) is 18.6. The summed E-state index contributed by atoms with van der Waals surface area (Å²) in [6, 6.07) is 0.734. The molecular weight excluding hydrogens is 280 g/mol. The summed E-state index contributed by atoms with van der Waals surface area (Å²) in [7, 11) is -2.32. The second-order valence-corrected chi connectivity index (χ2v) is 7.48. The van der Waals surface area contributed by atoms with Crippen LogP contribution in [0.15, 0.2) is 25.3 Å². The molecule has 0 aliphatic heterocycles. The van der Waals surface area contributed by atoms with E-state index in [1.165, 1.54) is 0 Å². The average Bonchev–Trinajstić information content (AvgIpc) is 2.47. The monoisotopic (exact) mass is 302 g/mol. The van der Waals surface area contributed by atoms with Gasteiger partial charge >= 0.3 is 20.5 Å². The Morgan fingerprint density at radius 3 is 1.65 bits per heavy atom. The van der Waals surface area contributed by atoms with Crippen molar-refractivity contribution in [3.05, 3.63) is 25.3 Å². The fourth-order valence-electron chi connectivity index (χ4n) is 1.16. The molecule has 0 heterocycles. The fraction of sp³-hybridized carbons (Fsp3) is 0.538. The molecule has 7 heteroatoms. The van der Waals surface area contributed by atoms with Crippen molar-refractivity contribution in [2.24, 2.45) is 0 Å². The van der Waals surface area contributed by atoms with Gasteiger partial charge in [-0.3, -0.25) is 0 Å². The minimum atomic E-state index is -2.32. The fourth-order valence-corrected chi connectivity index (χ4v) is 2.69. The van der Waals surface area contributed by atoms with Crippen molar-refractivity contribution in [3.8, 4) is 0 Å². The molecule has 0 amide bonds. The van der Waals surface area contributed by atoms with Crippen molar-refractivity contribution < 1.29 is 27.9 Å². The van der Waals surface area contributed by atoms with E-state index in [0.717, 1.165) is 18.2 Å². The van der Waals surface area contributed by atoms with Crippen LogP contribution in [0.25, 0.3) is 0 Å². The highest BCUT2D eigenvalue weighted by Crippen LogP contribution is 2.12. The Morgan fingerprint density at radius 2 is 1.35 bits per heavy atom. The first-order valence-electron chi connectivity index (χ1n) is 6.33. The molecule has 6 nitrogen and oxygen atoms in total. The molecule has 0 atom stereocenters. The van der Waals surface area contributed by atoms with E-state index < -0.39 is 20.5 Å². The predicted molar refractivity (Wildman–Crippen MR) is 76.3 cm³/mol. The maximum Gasteiger partial charge on any atom is 0.334 e. The molecule has 0 aliphatic rings. The van der Waals surface area contributed by atoms with Crippen LogP contribution in [0.3, 0.4) is 0 Å². The summed E-state index contributed by atoms with van der Waals surface area (Å²) < 4.78 is 20.9. The van der Waals surface area contributed by atoms with Gasteiger partial charge in [0.15, 0.2) is 0 Å². The van der Waals surface area contributed by atoms with Crippen LogP contribution in [0.2, 0.25) is 12.6 Å². The van der Waals surface area contributed by atoms with Crippen LogP contribution < -0.4 is 0 Å². The Kier molecular flexibility index (Phi) is 9.61. The summed E-state index contributed by atoms with van der Waals surface area (Å²) in [5.74, 6) is -0.962. The summed E-state index contributed by atoms with van der Waals surface area (Å²) in [6.07, 6.45) is 2.20. The van der Waals surface area contributed by atoms with Gasteiger partial charge < -0.3 is 18.3 Å². The highest BCUT2D eigenvalue weighted by molar-refractivity contribution is 6.65. The van der Waals surface area contributed by atoms with Crippen LogP contribution in [0.1, 0.15) is 6.92 Å². The zero-order valence-corrected chi connectivity index (χ0v) is 13.1. The van der Waals surface area contributed by atoms with Gasteiger partial charge in [-0.1, -0.05) is 20.1 Å². The van der Waals surface area contributed by atoms with Gasteiger partial charge in [-0.2, -0.15) is 0 Å². The summed E-state index contributed by atoms with van der Waals surface area (Å²) >= 11 is 0. The molecule has 0 aromatic rings. The third-order valence-corrected chi connectivity index (χ3v) is 5.36. The lowest BCUT2D eigenvalue weighted by Crippen LogP contribution is -2.40. The zero-order valence-electron chi connectivity index (χ0n) is 12.1. The van der Waals surface area contributed by atoms with Crippen LogP contribution in [-0.4, -0.2) is 46.9 Å². The summed E-state index contributed by atoms with van der Waals surface area (Å²) in [6.45, 7) is 11.3. The van der Waals surface area contributed by atoms with E-state index in [-0.39, 0.29) is 26.4 Å². The lowest BCUT2D eigenvalue weighted by atomic mass is 10.6. The lowest BCUT2D eigenvalue weighted by molar-refractivity contribution is -0.139. The third-order valence-electron chi connectivity index (χ3n) is 2.45. The summed E-state index contributed by atoms with van der Waals surface area (Å²) in [5, 5.41) is 0. The molecule has 0 rings (SSSR count). The Balaban J connectivity index is 3.88. The molecule has 0 bridgehead atoms. The zero-order chi connectivity index (χ0) is 15.4. The van der Waals surface area contributed by atoms with Gasteiger partial charge in [0.25, 0.3) is 0 Å². The van der Waals surface area contributed by atoms with E-state index in [4.69, 9.17) is 18.3 Å². The number of carbonyl (C=O) groups is 2. The SMILES string of the molecule is C=CC(=O)OCCO[Si](C)(CC)OCCOC(=O)C=C. The molecule has 0 saturated heterocycles. The molecule has 114 valence electrons. The normalized spacial score (nSPS) is 10.7. The Bertz CT molecular complexity index is 314. The second-order valence-electron chi connectivity index (χ2n) is 3.93. The van der Waals surface area contributed by atoms with Crippen molar-refractivity contribution in [1.29, 1.82) is 0 Å². The lowest BCUT2D eigenvalue weighted by Gasteiger charge is -2.25. The summed E-state index contributed by atoms with van der Waals surface area (Å²) in [5.41, 5.74) is 0. The third kappa shape index (κ3) is 8.62. The van der Waals surface area contributed by atoms with Crippen molar-refractivity contribution in [1.82, 2.24) is 0 Å². The average molecular weight is 302 g/mol. The number of carbonyl (C=O) groups excluding carboxylic acids is 2. The molecule has 20 heavy (non-hydrogen) atoms. The van der Waals surface area contributed by atoms with Gasteiger partial charge in [0.05, 0.1) is 13.2 Å². The van der Waals surface area contributed by atoms with Gasteiger partial charge in [-0.05, 0) is 12.6 Å². The topological polar surface area (TPSA) is 71.1 Å². The molecular formula is C13H22O6Si. The number of rotatable bonds is 11. The minimum Gasteiger partial charge on any atom is -0.460 e. The van der Waals surface area contributed by atoms with Crippen LogP contribution in [0.5, 0.6) is 0 Å². The van der Waals surface area contributed by atoms with E-state index in [2.05, 4.69) is 13.2 Å². The van der Waals surface area contributed by atoms with Crippen molar-refractivity contribution in [2.75, 3.05) is 26.4 Å². The van der Waals surface area contributed by atoms with Crippen molar-refractivity contribution in [3.63, 3.8) is 0 Å². The van der Waals surface area contributed by atoms with E-state index >= 15 is 0 Å². The Labute approximate surface area is 120 Å². The molecule has 0 aromatic carbocycles.